The maximum absolute atomic E-state index is 12.7. The summed E-state index contributed by atoms with van der Waals surface area (Å²) in [5, 5.41) is 7.58. The van der Waals surface area contributed by atoms with E-state index in [1.807, 2.05) is 24.0 Å². The first kappa shape index (κ1) is 16.3. The topological polar surface area (TPSA) is 50.2 Å². The third-order valence-corrected chi connectivity index (χ3v) is 5.39. The smallest absolute Gasteiger partial charge is 0.234 e. The van der Waals surface area contributed by atoms with Crippen molar-refractivity contribution >= 4 is 5.91 Å². The standard InChI is InChI=1S/C20H26N4O/c1-23-13-17(12-21-23)18-8-5-11-24(18)14-19(25)22-20(16-9-10-16)15-6-3-2-4-7-15/h2-4,6-7,12-13,16,18,20H,5,8-11,14H2,1H3,(H,22,25)/t18-,20-/m1/s1. The fourth-order valence-corrected chi connectivity index (χ4v) is 3.97. The van der Waals surface area contributed by atoms with Crippen molar-refractivity contribution in [3.63, 3.8) is 0 Å². The van der Waals surface area contributed by atoms with Crippen LogP contribution in [0.25, 0.3) is 0 Å². The molecule has 2 heterocycles. The number of likely N-dealkylation sites (tertiary alicyclic amines) is 1. The first-order valence-electron chi connectivity index (χ1n) is 9.27. The molecule has 1 amide bonds. The van der Waals surface area contributed by atoms with Crippen LogP contribution in [0.2, 0.25) is 0 Å². The molecule has 1 aromatic carbocycles. The van der Waals surface area contributed by atoms with Gasteiger partial charge in [-0.05, 0) is 43.7 Å². The molecule has 5 nitrogen and oxygen atoms in total. The molecule has 1 saturated heterocycles. The molecule has 132 valence electrons. The Morgan fingerprint density at radius 2 is 2.08 bits per heavy atom. The van der Waals surface area contributed by atoms with Crippen molar-refractivity contribution in [2.24, 2.45) is 13.0 Å². The Balaban J connectivity index is 1.41. The molecule has 0 radical (unpaired) electrons. The van der Waals surface area contributed by atoms with Crippen LogP contribution in [-0.4, -0.2) is 33.7 Å². The number of benzene rings is 1. The fraction of sp³-hybridized carbons (Fsp3) is 0.500. The average Bonchev–Trinajstić information content (AvgIpc) is 3.21. The second-order valence-electron chi connectivity index (χ2n) is 7.37. The Labute approximate surface area is 149 Å². The summed E-state index contributed by atoms with van der Waals surface area (Å²) in [6.07, 6.45) is 8.65. The van der Waals surface area contributed by atoms with Gasteiger partial charge in [0.25, 0.3) is 0 Å². The number of carbonyl (C=O) groups excluding carboxylic acids is 1. The van der Waals surface area contributed by atoms with Gasteiger partial charge in [0.15, 0.2) is 0 Å². The minimum atomic E-state index is 0.136. The highest BCUT2D eigenvalue weighted by atomic mass is 16.2. The number of aryl methyl sites for hydroxylation is 1. The largest absolute Gasteiger partial charge is 0.348 e. The van der Waals surface area contributed by atoms with Gasteiger partial charge in [0, 0.05) is 24.8 Å². The van der Waals surface area contributed by atoms with Crippen LogP contribution in [-0.2, 0) is 11.8 Å². The van der Waals surface area contributed by atoms with E-state index in [9.17, 15) is 4.79 Å². The van der Waals surface area contributed by atoms with E-state index in [4.69, 9.17) is 0 Å². The summed E-state index contributed by atoms with van der Waals surface area (Å²) in [5.74, 6) is 0.732. The van der Waals surface area contributed by atoms with E-state index in [2.05, 4.69) is 45.8 Å². The zero-order valence-corrected chi connectivity index (χ0v) is 14.8. The fourth-order valence-electron chi connectivity index (χ4n) is 3.97. The van der Waals surface area contributed by atoms with Gasteiger partial charge < -0.3 is 5.32 Å². The summed E-state index contributed by atoms with van der Waals surface area (Å²) < 4.78 is 1.84. The number of nitrogens with one attached hydrogen (secondary N) is 1. The van der Waals surface area contributed by atoms with Crippen LogP contribution in [0.5, 0.6) is 0 Å². The van der Waals surface area contributed by atoms with Crippen molar-refractivity contribution in [2.45, 2.75) is 37.8 Å². The molecule has 0 unspecified atom stereocenters. The molecule has 0 bridgehead atoms. The van der Waals surface area contributed by atoms with E-state index in [1.165, 1.54) is 24.0 Å². The van der Waals surface area contributed by atoms with Crippen molar-refractivity contribution in [2.75, 3.05) is 13.1 Å². The van der Waals surface area contributed by atoms with Gasteiger partial charge in [-0.15, -0.1) is 0 Å². The molecule has 1 saturated carbocycles. The predicted molar refractivity (Wildman–Crippen MR) is 96.8 cm³/mol. The molecule has 2 fully saturated rings. The molecule has 1 N–H and O–H groups in total. The lowest BCUT2D eigenvalue weighted by Crippen LogP contribution is -2.39. The van der Waals surface area contributed by atoms with Gasteiger partial charge in [-0.25, -0.2) is 0 Å². The Kier molecular flexibility index (Phi) is 4.57. The average molecular weight is 338 g/mol. The van der Waals surface area contributed by atoms with Crippen LogP contribution in [0.4, 0.5) is 0 Å². The van der Waals surface area contributed by atoms with Crippen LogP contribution in [0.3, 0.4) is 0 Å². The summed E-state index contributed by atoms with van der Waals surface area (Å²) in [6.45, 7) is 1.45. The molecule has 2 aromatic rings. The van der Waals surface area contributed by atoms with Gasteiger partial charge in [-0.1, -0.05) is 30.3 Å². The molecule has 1 aliphatic heterocycles. The number of aromatic nitrogens is 2. The molecule has 1 aromatic heterocycles. The summed E-state index contributed by atoms with van der Waals surface area (Å²) in [5.41, 5.74) is 2.44. The number of nitrogens with zero attached hydrogens (tertiary/aromatic N) is 3. The number of amides is 1. The maximum atomic E-state index is 12.7. The molecule has 1 aliphatic carbocycles. The number of hydrogen-bond donors (Lipinski definition) is 1. The van der Waals surface area contributed by atoms with Gasteiger partial charge in [-0.3, -0.25) is 14.4 Å². The van der Waals surface area contributed by atoms with Gasteiger partial charge in [-0.2, -0.15) is 5.10 Å². The zero-order valence-electron chi connectivity index (χ0n) is 14.8. The Morgan fingerprint density at radius 1 is 1.28 bits per heavy atom. The van der Waals surface area contributed by atoms with E-state index in [1.54, 1.807) is 0 Å². The Bertz CT molecular complexity index is 722. The number of hydrogen-bond acceptors (Lipinski definition) is 3. The SMILES string of the molecule is Cn1cc([C@H]2CCCN2CC(=O)N[C@H](c2ccccc2)C2CC2)cn1. The minimum absolute atomic E-state index is 0.136. The number of carbonyl (C=O) groups is 1. The van der Waals surface area contributed by atoms with E-state index >= 15 is 0 Å². The molecule has 2 atom stereocenters. The highest BCUT2D eigenvalue weighted by molar-refractivity contribution is 5.78. The van der Waals surface area contributed by atoms with Crippen molar-refractivity contribution < 1.29 is 4.79 Å². The lowest BCUT2D eigenvalue weighted by atomic mass is 10.0. The Morgan fingerprint density at radius 3 is 2.76 bits per heavy atom. The summed E-state index contributed by atoms with van der Waals surface area (Å²) in [6, 6.07) is 10.8. The third-order valence-electron chi connectivity index (χ3n) is 5.39. The maximum Gasteiger partial charge on any atom is 0.234 e. The van der Waals surface area contributed by atoms with Crippen molar-refractivity contribution in [3.8, 4) is 0 Å². The lowest BCUT2D eigenvalue weighted by molar-refractivity contribution is -0.123. The van der Waals surface area contributed by atoms with E-state index < -0.39 is 0 Å². The van der Waals surface area contributed by atoms with Crippen LogP contribution in [0.15, 0.2) is 42.7 Å². The molecule has 25 heavy (non-hydrogen) atoms. The van der Waals surface area contributed by atoms with E-state index in [0.29, 0.717) is 18.5 Å². The van der Waals surface area contributed by atoms with Crippen molar-refractivity contribution in [3.05, 3.63) is 53.9 Å². The first-order chi connectivity index (χ1) is 12.2. The second-order valence-corrected chi connectivity index (χ2v) is 7.37. The first-order valence-corrected chi connectivity index (χ1v) is 9.27. The van der Waals surface area contributed by atoms with Crippen LogP contribution >= 0.6 is 0 Å². The third kappa shape index (κ3) is 3.76. The van der Waals surface area contributed by atoms with Gasteiger partial charge in [0.2, 0.25) is 5.91 Å². The van der Waals surface area contributed by atoms with Crippen molar-refractivity contribution in [1.82, 2.24) is 20.0 Å². The quantitative estimate of drug-likeness (QED) is 0.881. The molecule has 0 spiro atoms. The lowest BCUT2D eigenvalue weighted by Gasteiger charge is -2.25. The van der Waals surface area contributed by atoms with E-state index in [0.717, 1.165) is 19.4 Å². The van der Waals surface area contributed by atoms with Gasteiger partial charge in [0.1, 0.15) is 0 Å². The van der Waals surface area contributed by atoms with Crippen LogP contribution < -0.4 is 5.32 Å². The minimum Gasteiger partial charge on any atom is -0.348 e. The van der Waals surface area contributed by atoms with Crippen molar-refractivity contribution in [1.29, 1.82) is 0 Å². The summed E-state index contributed by atoms with van der Waals surface area (Å²) in [7, 11) is 1.94. The molecular weight excluding hydrogens is 312 g/mol. The molecule has 2 aliphatic rings. The van der Waals surface area contributed by atoms with Crippen LogP contribution in [0, 0.1) is 5.92 Å². The second kappa shape index (κ2) is 7.00. The van der Waals surface area contributed by atoms with Gasteiger partial charge >= 0.3 is 0 Å². The van der Waals surface area contributed by atoms with Crippen LogP contribution in [0.1, 0.15) is 48.9 Å². The highest BCUT2D eigenvalue weighted by Crippen LogP contribution is 2.41. The molecule has 4 rings (SSSR count). The molecule has 5 heteroatoms. The normalized spacial score (nSPS) is 22.0. The Hall–Kier alpha value is -2.14. The predicted octanol–water partition coefficient (Wildman–Crippen LogP) is 2.82. The number of rotatable bonds is 6. The van der Waals surface area contributed by atoms with E-state index in [-0.39, 0.29) is 11.9 Å². The summed E-state index contributed by atoms with van der Waals surface area (Å²) in [4.78, 5) is 15.0. The monoisotopic (exact) mass is 338 g/mol. The molecular formula is C20H26N4O. The highest BCUT2D eigenvalue weighted by Gasteiger charge is 2.34. The summed E-state index contributed by atoms with van der Waals surface area (Å²) >= 11 is 0. The zero-order chi connectivity index (χ0) is 17.2. The van der Waals surface area contributed by atoms with Gasteiger partial charge in [0.05, 0.1) is 18.8 Å².